The van der Waals surface area contributed by atoms with Gasteiger partial charge >= 0.3 is 0 Å². The number of halogens is 1. The summed E-state index contributed by atoms with van der Waals surface area (Å²) >= 11 is 5.73. The summed E-state index contributed by atoms with van der Waals surface area (Å²) in [6.45, 7) is 2.42. The van der Waals surface area contributed by atoms with Crippen molar-refractivity contribution >= 4 is 17.2 Å². The Labute approximate surface area is 88.4 Å². The fourth-order valence-electron chi connectivity index (χ4n) is 0.955. The zero-order valence-corrected chi connectivity index (χ0v) is 8.58. The summed E-state index contributed by atoms with van der Waals surface area (Å²) in [6.07, 6.45) is 1.46. The number of hydrogen-bond donors (Lipinski definition) is 0. The van der Waals surface area contributed by atoms with Gasteiger partial charge in [-0.3, -0.25) is 0 Å². The minimum atomic E-state index is 0.503. The van der Waals surface area contributed by atoms with E-state index in [1.165, 1.54) is 6.26 Å². The van der Waals surface area contributed by atoms with Gasteiger partial charge in [-0.1, -0.05) is 23.7 Å². The molecule has 0 heterocycles. The van der Waals surface area contributed by atoms with Gasteiger partial charge in [0.25, 0.3) is 0 Å². The van der Waals surface area contributed by atoms with Crippen LogP contribution >= 0.6 is 11.6 Å². The molecule has 0 N–H and O–H groups in total. The molecule has 0 amide bonds. The first kappa shape index (κ1) is 10.6. The summed E-state index contributed by atoms with van der Waals surface area (Å²) < 4.78 is 5.05. The van der Waals surface area contributed by atoms with E-state index >= 15 is 0 Å². The molecule has 0 spiro atoms. The molecule has 0 aromatic heterocycles. The second kappa shape index (κ2) is 5.31. The van der Waals surface area contributed by atoms with Crippen molar-refractivity contribution in [2.24, 2.45) is 0 Å². The minimum absolute atomic E-state index is 0.503. The fraction of sp³-hybridized carbons (Fsp3) is 0.182. The van der Waals surface area contributed by atoms with Crippen LogP contribution in [0, 0.1) is 11.3 Å². The van der Waals surface area contributed by atoms with Gasteiger partial charge < -0.3 is 4.74 Å². The number of hydrogen-bond acceptors (Lipinski definition) is 2. The lowest BCUT2D eigenvalue weighted by Crippen LogP contribution is -1.84. The van der Waals surface area contributed by atoms with E-state index in [-0.39, 0.29) is 0 Å². The first-order chi connectivity index (χ1) is 6.77. The lowest BCUT2D eigenvalue weighted by molar-refractivity contribution is 0.271. The highest BCUT2D eigenvalue weighted by molar-refractivity contribution is 6.30. The second-order valence-electron chi connectivity index (χ2n) is 2.61. The number of nitrogens with zero attached hydrogens (tertiary/aromatic N) is 1. The molecule has 0 radical (unpaired) electrons. The molecule has 0 fully saturated rings. The van der Waals surface area contributed by atoms with Crippen LogP contribution in [0.3, 0.4) is 0 Å². The Morgan fingerprint density at radius 3 is 2.64 bits per heavy atom. The van der Waals surface area contributed by atoms with Gasteiger partial charge in [0.2, 0.25) is 0 Å². The molecule has 0 saturated carbocycles. The summed E-state index contributed by atoms with van der Waals surface area (Å²) in [7, 11) is 0. The Balaban J connectivity index is 2.91. The maximum absolute atomic E-state index is 8.84. The normalized spacial score (nSPS) is 10.8. The third-order valence-corrected chi connectivity index (χ3v) is 1.90. The van der Waals surface area contributed by atoms with Crippen LogP contribution in [0.2, 0.25) is 5.02 Å². The molecular weight excluding hydrogens is 198 g/mol. The molecular formula is C11H10ClNO. The van der Waals surface area contributed by atoms with Crippen LogP contribution in [0.1, 0.15) is 12.5 Å². The van der Waals surface area contributed by atoms with E-state index in [1.807, 2.05) is 6.92 Å². The van der Waals surface area contributed by atoms with Gasteiger partial charge in [0.1, 0.15) is 12.3 Å². The van der Waals surface area contributed by atoms with E-state index in [2.05, 4.69) is 6.07 Å². The Kier molecular flexibility index (Phi) is 4.03. The zero-order chi connectivity index (χ0) is 10.4. The molecule has 1 rings (SSSR count). The highest BCUT2D eigenvalue weighted by Gasteiger charge is 1.99. The summed E-state index contributed by atoms with van der Waals surface area (Å²) in [5.41, 5.74) is 1.31. The maximum Gasteiger partial charge on any atom is 0.103 e. The predicted molar refractivity (Wildman–Crippen MR) is 56.7 cm³/mol. The predicted octanol–water partition coefficient (Wildman–Crippen LogP) is 3.24. The van der Waals surface area contributed by atoms with Gasteiger partial charge in [0, 0.05) is 5.02 Å². The van der Waals surface area contributed by atoms with Crippen molar-refractivity contribution in [3.8, 4) is 6.07 Å². The van der Waals surface area contributed by atoms with Crippen LogP contribution in [-0.4, -0.2) is 6.61 Å². The standard InChI is InChI=1S/C11H10ClNO/c1-2-14-8-10(7-13)9-3-5-11(12)6-4-9/h3-6,8H,2H2,1H3/b10-8-. The molecule has 1 aromatic rings. The van der Waals surface area contributed by atoms with E-state index in [4.69, 9.17) is 21.6 Å². The quantitative estimate of drug-likeness (QED) is 0.563. The second-order valence-corrected chi connectivity index (χ2v) is 3.04. The first-order valence-corrected chi connectivity index (χ1v) is 4.63. The number of ether oxygens (including phenoxy) is 1. The Hall–Kier alpha value is -1.46. The van der Waals surface area contributed by atoms with Crippen molar-refractivity contribution in [2.45, 2.75) is 6.92 Å². The molecule has 0 saturated heterocycles. The molecule has 2 nitrogen and oxygen atoms in total. The number of benzene rings is 1. The van der Waals surface area contributed by atoms with Crippen molar-refractivity contribution in [3.63, 3.8) is 0 Å². The first-order valence-electron chi connectivity index (χ1n) is 4.25. The van der Waals surface area contributed by atoms with Gasteiger partial charge in [-0.05, 0) is 24.6 Å². The summed E-state index contributed by atoms with van der Waals surface area (Å²) in [6, 6.07) is 9.13. The van der Waals surface area contributed by atoms with Crippen molar-refractivity contribution in [3.05, 3.63) is 41.1 Å². The summed E-state index contributed by atoms with van der Waals surface area (Å²) in [5.74, 6) is 0. The van der Waals surface area contributed by atoms with Crippen LogP contribution in [0.5, 0.6) is 0 Å². The van der Waals surface area contributed by atoms with Gasteiger partial charge in [0.05, 0.1) is 12.2 Å². The van der Waals surface area contributed by atoms with Gasteiger partial charge in [-0.25, -0.2) is 0 Å². The van der Waals surface area contributed by atoms with Crippen molar-refractivity contribution in [1.29, 1.82) is 5.26 Å². The molecule has 0 aliphatic rings. The lowest BCUT2D eigenvalue weighted by Gasteiger charge is -1.99. The lowest BCUT2D eigenvalue weighted by atomic mass is 10.1. The smallest absolute Gasteiger partial charge is 0.103 e. The summed E-state index contributed by atoms with van der Waals surface area (Å²) in [4.78, 5) is 0. The average molecular weight is 208 g/mol. The highest BCUT2D eigenvalue weighted by Crippen LogP contribution is 2.16. The third-order valence-electron chi connectivity index (χ3n) is 1.64. The molecule has 1 aromatic carbocycles. The molecule has 3 heteroatoms. The van der Waals surface area contributed by atoms with Crippen molar-refractivity contribution in [1.82, 2.24) is 0 Å². The number of rotatable bonds is 3. The van der Waals surface area contributed by atoms with Gasteiger partial charge in [-0.15, -0.1) is 0 Å². The maximum atomic E-state index is 8.84. The van der Waals surface area contributed by atoms with Crippen LogP contribution in [0.25, 0.3) is 5.57 Å². The SMILES string of the molecule is CCO/C=C(/C#N)c1ccc(Cl)cc1. The highest BCUT2D eigenvalue weighted by atomic mass is 35.5. The van der Waals surface area contributed by atoms with Gasteiger partial charge in [0.15, 0.2) is 0 Å². The monoisotopic (exact) mass is 207 g/mol. The Bertz CT molecular complexity index is 362. The molecule has 0 atom stereocenters. The van der Waals surface area contributed by atoms with E-state index in [0.717, 1.165) is 5.56 Å². The number of allylic oxidation sites excluding steroid dienone is 1. The van der Waals surface area contributed by atoms with Crippen molar-refractivity contribution in [2.75, 3.05) is 6.61 Å². The molecule has 0 aliphatic carbocycles. The Morgan fingerprint density at radius 2 is 2.14 bits per heavy atom. The zero-order valence-electron chi connectivity index (χ0n) is 7.83. The topological polar surface area (TPSA) is 33.0 Å². The molecule has 14 heavy (non-hydrogen) atoms. The van der Waals surface area contributed by atoms with E-state index in [0.29, 0.717) is 17.2 Å². The van der Waals surface area contributed by atoms with E-state index < -0.39 is 0 Å². The summed E-state index contributed by atoms with van der Waals surface area (Å²) in [5, 5.41) is 9.50. The number of nitriles is 1. The third kappa shape index (κ3) is 2.79. The molecule has 0 bridgehead atoms. The van der Waals surface area contributed by atoms with E-state index in [1.54, 1.807) is 24.3 Å². The van der Waals surface area contributed by atoms with Crippen LogP contribution < -0.4 is 0 Å². The van der Waals surface area contributed by atoms with Crippen LogP contribution in [0.15, 0.2) is 30.5 Å². The van der Waals surface area contributed by atoms with Crippen LogP contribution in [-0.2, 0) is 4.74 Å². The molecule has 0 unspecified atom stereocenters. The minimum Gasteiger partial charge on any atom is -0.500 e. The fourth-order valence-corrected chi connectivity index (χ4v) is 1.08. The van der Waals surface area contributed by atoms with E-state index in [9.17, 15) is 0 Å². The Morgan fingerprint density at radius 1 is 1.50 bits per heavy atom. The molecule has 0 aliphatic heterocycles. The molecule has 72 valence electrons. The average Bonchev–Trinajstić information content (AvgIpc) is 2.21. The van der Waals surface area contributed by atoms with Gasteiger partial charge in [-0.2, -0.15) is 5.26 Å². The largest absolute Gasteiger partial charge is 0.500 e. The van der Waals surface area contributed by atoms with Crippen molar-refractivity contribution < 1.29 is 4.74 Å². The van der Waals surface area contributed by atoms with Crippen LogP contribution in [0.4, 0.5) is 0 Å².